The quantitative estimate of drug-likeness (QED) is 0.592. The first-order valence-corrected chi connectivity index (χ1v) is 10.2. The molecule has 2 aromatic carbocycles. The van der Waals surface area contributed by atoms with Gasteiger partial charge in [0.15, 0.2) is 11.5 Å². The summed E-state index contributed by atoms with van der Waals surface area (Å²) < 4.78 is 11.8. The molecule has 4 heteroatoms. The van der Waals surface area contributed by atoms with Crippen LogP contribution in [0.5, 0.6) is 11.5 Å². The van der Waals surface area contributed by atoms with Gasteiger partial charge in [0.1, 0.15) is 5.82 Å². The predicted molar refractivity (Wildman–Crippen MR) is 112 cm³/mol. The molecule has 1 N–H and O–H groups in total. The minimum atomic E-state index is 0.323. The first-order valence-electron chi connectivity index (χ1n) is 10.2. The Bertz CT molecular complexity index is 912. The molecule has 146 valence electrons. The van der Waals surface area contributed by atoms with Crippen molar-refractivity contribution in [2.24, 2.45) is 0 Å². The van der Waals surface area contributed by atoms with Gasteiger partial charge in [0, 0.05) is 11.3 Å². The molecule has 0 saturated heterocycles. The molecule has 0 unspecified atom stereocenters. The van der Waals surface area contributed by atoms with Gasteiger partial charge in [-0.3, -0.25) is 0 Å². The molecule has 1 heterocycles. The van der Waals surface area contributed by atoms with Crippen molar-refractivity contribution in [1.82, 2.24) is 9.97 Å². The third-order valence-corrected chi connectivity index (χ3v) is 5.43. The lowest BCUT2D eigenvalue weighted by atomic mass is 10.0. The molecule has 1 aliphatic rings. The highest BCUT2D eigenvalue weighted by molar-refractivity contribution is 5.62. The highest BCUT2D eigenvalue weighted by Crippen LogP contribution is 2.33. The highest BCUT2D eigenvalue weighted by Gasteiger charge is 2.19. The van der Waals surface area contributed by atoms with E-state index in [2.05, 4.69) is 41.4 Å². The summed E-state index contributed by atoms with van der Waals surface area (Å²) in [6.45, 7) is 2.01. The number of hydrogen-bond acceptors (Lipinski definition) is 3. The second-order valence-electron chi connectivity index (χ2n) is 7.52. The molecule has 0 radical (unpaired) electrons. The number of ether oxygens (including phenoxy) is 2. The summed E-state index contributed by atoms with van der Waals surface area (Å²) in [4.78, 5) is 8.15. The van der Waals surface area contributed by atoms with Crippen molar-refractivity contribution in [2.75, 3.05) is 7.11 Å². The normalized spacial score (nSPS) is 14.4. The fourth-order valence-electron chi connectivity index (χ4n) is 3.98. The average molecular weight is 377 g/mol. The molecule has 0 bridgehead atoms. The van der Waals surface area contributed by atoms with Gasteiger partial charge in [-0.15, -0.1) is 0 Å². The summed E-state index contributed by atoms with van der Waals surface area (Å²) >= 11 is 0. The maximum Gasteiger partial charge on any atom is 0.161 e. The van der Waals surface area contributed by atoms with E-state index in [1.54, 1.807) is 7.11 Å². The molecule has 3 aromatic rings. The Morgan fingerprint density at radius 1 is 1.00 bits per heavy atom. The number of aryl methyl sites for hydroxylation is 3. The number of nitrogens with zero attached hydrogens (tertiary/aromatic N) is 1. The smallest absolute Gasteiger partial charge is 0.161 e. The molecule has 4 nitrogen and oxygen atoms in total. The standard InChI is InChI=1S/C24H28N2O2/c1-17-25-21(24(26-17)19-8-4-3-5-9-19)14-12-18-13-15-22(27-2)23(16-18)28-20-10-6-7-11-20/h3-5,8-9,13,15-16,20H,6-7,10-12,14H2,1-2H3,(H,25,26). The van der Waals surface area contributed by atoms with E-state index in [0.717, 1.165) is 54.3 Å². The summed E-state index contributed by atoms with van der Waals surface area (Å²) in [5, 5.41) is 0. The molecule has 0 amide bonds. The number of aromatic nitrogens is 2. The van der Waals surface area contributed by atoms with Crippen LogP contribution in [0.1, 0.15) is 42.8 Å². The van der Waals surface area contributed by atoms with Crippen molar-refractivity contribution < 1.29 is 9.47 Å². The van der Waals surface area contributed by atoms with E-state index in [9.17, 15) is 0 Å². The van der Waals surface area contributed by atoms with Crippen molar-refractivity contribution in [3.05, 3.63) is 65.6 Å². The van der Waals surface area contributed by atoms with Crippen LogP contribution in [0.3, 0.4) is 0 Å². The van der Waals surface area contributed by atoms with Crippen LogP contribution < -0.4 is 9.47 Å². The van der Waals surface area contributed by atoms with Crippen LogP contribution >= 0.6 is 0 Å². The van der Waals surface area contributed by atoms with E-state index >= 15 is 0 Å². The number of nitrogens with one attached hydrogen (secondary N) is 1. The molecule has 1 aromatic heterocycles. The zero-order valence-electron chi connectivity index (χ0n) is 16.7. The first kappa shape index (κ1) is 18.6. The first-order chi connectivity index (χ1) is 13.7. The van der Waals surface area contributed by atoms with Gasteiger partial charge in [-0.1, -0.05) is 36.4 Å². The molecule has 1 aliphatic carbocycles. The summed E-state index contributed by atoms with van der Waals surface area (Å²) in [6.07, 6.45) is 6.95. The van der Waals surface area contributed by atoms with E-state index in [4.69, 9.17) is 14.5 Å². The Kier molecular flexibility index (Phi) is 5.65. The molecule has 28 heavy (non-hydrogen) atoms. The van der Waals surface area contributed by atoms with Crippen molar-refractivity contribution in [3.63, 3.8) is 0 Å². The van der Waals surface area contributed by atoms with E-state index in [1.807, 2.05) is 19.1 Å². The monoisotopic (exact) mass is 376 g/mol. The number of rotatable bonds is 7. The molecule has 4 rings (SSSR count). The van der Waals surface area contributed by atoms with Gasteiger partial charge in [0.05, 0.1) is 18.9 Å². The van der Waals surface area contributed by atoms with Crippen molar-refractivity contribution in [1.29, 1.82) is 0 Å². The number of hydrogen-bond donors (Lipinski definition) is 1. The Morgan fingerprint density at radius 2 is 1.79 bits per heavy atom. The highest BCUT2D eigenvalue weighted by atomic mass is 16.5. The Balaban J connectivity index is 1.51. The van der Waals surface area contributed by atoms with Crippen LogP contribution in [-0.2, 0) is 12.8 Å². The Morgan fingerprint density at radius 3 is 2.54 bits per heavy atom. The zero-order valence-corrected chi connectivity index (χ0v) is 16.7. The van der Waals surface area contributed by atoms with Crippen molar-refractivity contribution >= 4 is 0 Å². The lowest BCUT2D eigenvalue weighted by Gasteiger charge is -2.17. The summed E-state index contributed by atoms with van der Waals surface area (Å²) in [7, 11) is 1.70. The minimum absolute atomic E-state index is 0.323. The van der Waals surface area contributed by atoms with Crippen LogP contribution in [0.2, 0.25) is 0 Å². The molecule has 1 fully saturated rings. The molecule has 0 atom stereocenters. The molecule has 0 aliphatic heterocycles. The maximum absolute atomic E-state index is 6.24. The average Bonchev–Trinajstić information content (AvgIpc) is 3.36. The Hall–Kier alpha value is -2.75. The van der Waals surface area contributed by atoms with Crippen LogP contribution in [0, 0.1) is 6.92 Å². The number of aromatic amines is 1. The lowest BCUT2D eigenvalue weighted by Crippen LogP contribution is -2.11. The van der Waals surface area contributed by atoms with Gasteiger partial charge >= 0.3 is 0 Å². The maximum atomic E-state index is 6.24. The van der Waals surface area contributed by atoms with E-state index in [-0.39, 0.29) is 0 Å². The van der Waals surface area contributed by atoms with Crippen LogP contribution in [-0.4, -0.2) is 23.2 Å². The van der Waals surface area contributed by atoms with E-state index < -0.39 is 0 Å². The van der Waals surface area contributed by atoms with Crippen LogP contribution in [0.15, 0.2) is 48.5 Å². The number of imidazole rings is 1. The second kappa shape index (κ2) is 8.51. The zero-order chi connectivity index (χ0) is 19.3. The van der Waals surface area contributed by atoms with Gasteiger partial charge < -0.3 is 14.5 Å². The fraction of sp³-hybridized carbons (Fsp3) is 0.375. The summed E-state index contributed by atoms with van der Waals surface area (Å²) in [6, 6.07) is 16.7. The summed E-state index contributed by atoms with van der Waals surface area (Å²) in [5.74, 6) is 2.64. The molecule has 1 saturated carbocycles. The van der Waals surface area contributed by atoms with E-state index in [0.29, 0.717) is 6.10 Å². The van der Waals surface area contributed by atoms with Gasteiger partial charge in [0.25, 0.3) is 0 Å². The number of methoxy groups -OCH3 is 1. The van der Waals surface area contributed by atoms with Crippen molar-refractivity contribution in [2.45, 2.75) is 51.6 Å². The topological polar surface area (TPSA) is 47.1 Å². The molecule has 0 spiro atoms. The third-order valence-electron chi connectivity index (χ3n) is 5.43. The lowest BCUT2D eigenvalue weighted by molar-refractivity contribution is 0.200. The van der Waals surface area contributed by atoms with Gasteiger partial charge in [-0.25, -0.2) is 4.98 Å². The largest absolute Gasteiger partial charge is 0.493 e. The second-order valence-corrected chi connectivity index (χ2v) is 7.52. The minimum Gasteiger partial charge on any atom is -0.493 e. The van der Waals surface area contributed by atoms with Crippen LogP contribution in [0.25, 0.3) is 11.3 Å². The summed E-state index contributed by atoms with van der Waals surface area (Å²) in [5.41, 5.74) is 4.63. The SMILES string of the molecule is COc1ccc(CCc2[nH]c(C)nc2-c2ccccc2)cc1OC1CCCC1. The fourth-order valence-corrected chi connectivity index (χ4v) is 3.98. The van der Waals surface area contributed by atoms with Gasteiger partial charge in [-0.2, -0.15) is 0 Å². The Labute approximate surface area is 166 Å². The van der Waals surface area contributed by atoms with Crippen molar-refractivity contribution in [3.8, 4) is 22.8 Å². The van der Waals surface area contributed by atoms with E-state index in [1.165, 1.54) is 24.1 Å². The number of H-pyrrole nitrogens is 1. The van der Waals surface area contributed by atoms with Gasteiger partial charge in [-0.05, 0) is 63.1 Å². The van der Waals surface area contributed by atoms with Gasteiger partial charge in [0.2, 0.25) is 0 Å². The third kappa shape index (κ3) is 4.22. The van der Waals surface area contributed by atoms with Crippen LogP contribution in [0.4, 0.5) is 0 Å². The molecular weight excluding hydrogens is 348 g/mol. The predicted octanol–water partition coefficient (Wildman–Crippen LogP) is 5.50. The number of benzene rings is 2. The molecular formula is C24H28N2O2.